The molecule has 1 aromatic carbocycles. The zero-order chi connectivity index (χ0) is 18.5. The van der Waals surface area contributed by atoms with Crippen molar-refractivity contribution in [2.45, 2.75) is 45.4 Å². The van der Waals surface area contributed by atoms with Gasteiger partial charge in [-0.25, -0.2) is 9.67 Å². The van der Waals surface area contributed by atoms with Crippen LogP contribution < -0.4 is 15.4 Å². The molecule has 3 rings (SSSR count). The normalized spacial score (nSPS) is 18.2. The van der Waals surface area contributed by atoms with Crippen LogP contribution in [0.15, 0.2) is 29.3 Å². The molecular weight excluding hydrogens is 352 g/mol. The molecule has 0 bridgehead atoms. The summed E-state index contributed by atoms with van der Waals surface area (Å²) in [6, 6.07) is 7.75. The molecule has 2 N–H and O–H groups in total. The Kier molecular flexibility index (Phi) is 5.98. The van der Waals surface area contributed by atoms with Crippen molar-refractivity contribution >= 4 is 17.6 Å². The fourth-order valence-corrected chi connectivity index (χ4v) is 3.16. The molecule has 2 aromatic rings. The summed E-state index contributed by atoms with van der Waals surface area (Å²) in [5.74, 6) is 3.33. The number of aromatic nitrogens is 3. The molecule has 1 aromatic heterocycles. The van der Waals surface area contributed by atoms with Crippen molar-refractivity contribution in [1.82, 2.24) is 25.4 Å². The molecular formula is C18H25ClN6O. The van der Waals surface area contributed by atoms with E-state index < -0.39 is 0 Å². The highest BCUT2D eigenvalue weighted by molar-refractivity contribution is 6.32. The Morgan fingerprint density at radius 1 is 1.46 bits per heavy atom. The van der Waals surface area contributed by atoms with Gasteiger partial charge in [0.15, 0.2) is 5.96 Å². The van der Waals surface area contributed by atoms with Crippen molar-refractivity contribution in [3.05, 3.63) is 40.9 Å². The first-order chi connectivity index (χ1) is 12.5. The van der Waals surface area contributed by atoms with Crippen LogP contribution in [0.5, 0.6) is 5.75 Å². The lowest BCUT2D eigenvalue weighted by Gasteiger charge is -2.26. The van der Waals surface area contributed by atoms with Crippen LogP contribution in [0.25, 0.3) is 0 Å². The Hall–Kier alpha value is -2.28. The lowest BCUT2D eigenvalue weighted by molar-refractivity contribution is 0.223. The number of fused-ring (bicyclic) bond motifs is 1. The number of aliphatic imine (C=N–C) groups is 1. The zero-order valence-corrected chi connectivity index (χ0v) is 16.1. The molecule has 1 aliphatic rings. The molecule has 0 aliphatic carbocycles. The van der Waals surface area contributed by atoms with E-state index in [4.69, 9.17) is 16.3 Å². The first-order valence-electron chi connectivity index (χ1n) is 8.84. The van der Waals surface area contributed by atoms with Gasteiger partial charge in [0.2, 0.25) is 0 Å². The average Bonchev–Trinajstić information content (AvgIpc) is 2.99. The van der Waals surface area contributed by atoms with E-state index in [0.717, 1.165) is 37.0 Å². The minimum absolute atomic E-state index is 0.0515. The number of halogens is 1. The lowest BCUT2D eigenvalue weighted by Crippen LogP contribution is -2.48. The Balaban J connectivity index is 1.48. The molecule has 7 nitrogen and oxygen atoms in total. The smallest absolute Gasteiger partial charge is 0.191 e. The van der Waals surface area contributed by atoms with Crippen molar-refractivity contribution in [1.29, 1.82) is 0 Å². The van der Waals surface area contributed by atoms with Gasteiger partial charge in [0, 0.05) is 19.5 Å². The number of nitrogens with zero attached hydrogens (tertiary/aromatic N) is 4. The van der Waals surface area contributed by atoms with Gasteiger partial charge in [-0.1, -0.05) is 23.7 Å². The van der Waals surface area contributed by atoms with Crippen LogP contribution in [0.1, 0.15) is 25.0 Å². The first-order valence-corrected chi connectivity index (χ1v) is 9.21. The van der Waals surface area contributed by atoms with Crippen molar-refractivity contribution in [3.63, 3.8) is 0 Å². The summed E-state index contributed by atoms with van der Waals surface area (Å²) in [5, 5.41) is 11.8. The van der Waals surface area contributed by atoms with Gasteiger partial charge >= 0.3 is 0 Å². The molecule has 140 valence electrons. The van der Waals surface area contributed by atoms with E-state index in [-0.39, 0.29) is 12.1 Å². The lowest BCUT2D eigenvalue weighted by atomic mass is 10.1. The zero-order valence-electron chi connectivity index (χ0n) is 15.4. The Labute approximate surface area is 158 Å². The molecule has 0 saturated carbocycles. The summed E-state index contributed by atoms with van der Waals surface area (Å²) in [5.41, 5.74) is 0. The first kappa shape index (κ1) is 18.5. The average molecular weight is 377 g/mol. The van der Waals surface area contributed by atoms with Crippen LogP contribution >= 0.6 is 11.6 Å². The number of ether oxygens (including phenoxy) is 1. The third-order valence-electron chi connectivity index (χ3n) is 4.25. The number of benzene rings is 1. The maximum Gasteiger partial charge on any atom is 0.191 e. The van der Waals surface area contributed by atoms with Crippen LogP contribution in [0, 0.1) is 6.92 Å². The number of nitrogens with one attached hydrogen (secondary N) is 2. The molecule has 1 aliphatic heterocycles. The predicted molar refractivity (Wildman–Crippen MR) is 103 cm³/mol. The second kappa shape index (κ2) is 8.40. The van der Waals surface area contributed by atoms with Gasteiger partial charge in [0.05, 0.1) is 18.1 Å². The predicted octanol–water partition coefficient (Wildman–Crippen LogP) is 2.19. The van der Waals surface area contributed by atoms with Gasteiger partial charge in [0.1, 0.15) is 23.5 Å². The van der Waals surface area contributed by atoms with E-state index in [1.165, 1.54) is 0 Å². The van der Waals surface area contributed by atoms with Gasteiger partial charge in [-0.15, -0.1) is 0 Å². The Morgan fingerprint density at radius 3 is 3.04 bits per heavy atom. The minimum atomic E-state index is -0.0515. The topological polar surface area (TPSA) is 76.4 Å². The molecule has 2 unspecified atom stereocenters. The largest absolute Gasteiger partial charge is 0.487 e. The molecule has 0 spiro atoms. The van der Waals surface area contributed by atoms with E-state index in [0.29, 0.717) is 17.3 Å². The highest BCUT2D eigenvalue weighted by atomic mass is 35.5. The molecule has 26 heavy (non-hydrogen) atoms. The molecule has 8 heteroatoms. The van der Waals surface area contributed by atoms with E-state index in [1.54, 1.807) is 7.05 Å². The molecule has 2 atom stereocenters. The highest BCUT2D eigenvalue weighted by Gasteiger charge is 2.21. The van der Waals surface area contributed by atoms with Crippen LogP contribution in [0.3, 0.4) is 0 Å². The fourth-order valence-electron chi connectivity index (χ4n) is 2.98. The van der Waals surface area contributed by atoms with Gasteiger partial charge in [-0.2, -0.15) is 5.10 Å². The maximum atomic E-state index is 6.14. The second-order valence-corrected chi connectivity index (χ2v) is 6.86. The van der Waals surface area contributed by atoms with Crippen molar-refractivity contribution < 1.29 is 4.74 Å². The van der Waals surface area contributed by atoms with E-state index in [2.05, 4.69) is 25.7 Å². The van der Waals surface area contributed by atoms with Crippen molar-refractivity contribution in [2.24, 2.45) is 4.99 Å². The van der Waals surface area contributed by atoms with Crippen LogP contribution in [-0.4, -0.2) is 46.5 Å². The number of rotatable bonds is 5. The summed E-state index contributed by atoms with van der Waals surface area (Å²) in [6.07, 6.45) is 1.87. The van der Waals surface area contributed by atoms with Gasteiger partial charge in [-0.05, 0) is 32.4 Å². The van der Waals surface area contributed by atoms with E-state index in [1.807, 2.05) is 42.8 Å². The quantitative estimate of drug-likeness (QED) is 0.618. The summed E-state index contributed by atoms with van der Waals surface area (Å²) in [7, 11) is 1.77. The van der Waals surface area contributed by atoms with E-state index >= 15 is 0 Å². The number of hydrogen-bond donors (Lipinski definition) is 2. The van der Waals surface area contributed by atoms with Crippen LogP contribution in [0.2, 0.25) is 5.02 Å². The summed E-state index contributed by atoms with van der Waals surface area (Å²) in [6.45, 7) is 5.33. The maximum absolute atomic E-state index is 6.14. The standard InChI is InChI=1S/C18H25ClN6O/c1-12(26-16-7-5-4-6-15(16)19)10-21-18(20-3)23-14-8-9-17-22-13(2)24-25(17)11-14/h4-7,12,14H,8-11H2,1-3H3,(H2,20,21,23). The molecule has 0 radical (unpaired) electrons. The minimum Gasteiger partial charge on any atom is -0.487 e. The summed E-state index contributed by atoms with van der Waals surface area (Å²) >= 11 is 6.14. The Morgan fingerprint density at radius 2 is 2.27 bits per heavy atom. The number of para-hydroxylation sites is 1. The second-order valence-electron chi connectivity index (χ2n) is 6.45. The molecule has 2 heterocycles. The molecule has 0 fully saturated rings. The van der Waals surface area contributed by atoms with Gasteiger partial charge in [-0.3, -0.25) is 4.99 Å². The fraction of sp³-hybridized carbons (Fsp3) is 0.500. The highest BCUT2D eigenvalue weighted by Crippen LogP contribution is 2.24. The van der Waals surface area contributed by atoms with Crippen LogP contribution in [-0.2, 0) is 13.0 Å². The SMILES string of the molecule is CN=C(NCC(C)Oc1ccccc1Cl)NC1CCc2nc(C)nn2C1. The van der Waals surface area contributed by atoms with Crippen molar-refractivity contribution in [3.8, 4) is 5.75 Å². The number of hydrogen-bond acceptors (Lipinski definition) is 4. The third-order valence-corrected chi connectivity index (χ3v) is 4.56. The summed E-state index contributed by atoms with van der Waals surface area (Å²) in [4.78, 5) is 8.75. The van der Waals surface area contributed by atoms with Crippen LogP contribution in [0.4, 0.5) is 0 Å². The number of aryl methyl sites for hydroxylation is 2. The van der Waals surface area contributed by atoms with Gasteiger partial charge < -0.3 is 15.4 Å². The third kappa shape index (κ3) is 4.66. The number of guanidine groups is 1. The van der Waals surface area contributed by atoms with E-state index in [9.17, 15) is 0 Å². The van der Waals surface area contributed by atoms with Gasteiger partial charge in [0.25, 0.3) is 0 Å². The summed E-state index contributed by atoms with van der Waals surface area (Å²) < 4.78 is 7.86. The monoisotopic (exact) mass is 376 g/mol. The Bertz CT molecular complexity index is 775. The molecule has 0 amide bonds. The van der Waals surface area contributed by atoms with Crippen molar-refractivity contribution in [2.75, 3.05) is 13.6 Å². The molecule has 0 saturated heterocycles.